The molecule has 0 spiro atoms. The minimum absolute atomic E-state index is 0.253. The highest BCUT2D eigenvalue weighted by Crippen LogP contribution is 2.11. The molecule has 6 heteroatoms. The Bertz CT molecular complexity index is 643. The second kappa shape index (κ2) is 9.05. The summed E-state index contributed by atoms with van der Waals surface area (Å²) in [5.74, 6) is -1.07. The highest BCUT2D eigenvalue weighted by molar-refractivity contribution is 7.09. The van der Waals surface area contributed by atoms with E-state index in [4.69, 9.17) is 4.74 Å². The zero-order valence-electron chi connectivity index (χ0n) is 12.6. The molecule has 1 heterocycles. The Labute approximate surface area is 138 Å². The van der Waals surface area contributed by atoms with Crippen molar-refractivity contribution in [1.29, 1.82) is 0 Å². The van der Waals surface area contributed by atoms with Crippen LogP contribution in [0.4, 0.5) is 4.39 Å². The van der Waals surface area contributed by atoms with Gasteiger partial charge in [0, 0.05) is 11.4 Å². The van der Waals surface area contributed by atoms with Crippen LogP contribution in [0.15, 0.2) is 41.8 Å². The fraction of sp³-hybridized carbons (Fsp3) is 0.294. The van der Waals surface area contributed by atoms with Gasteiger partial charge in [0.1, 0.15) is 5.82 Å². The van der Waals surface area contributed by atoms with Crippen LogP contribution in [0.5, 0.6) is 0 Å². The molecule has 0 aliphatic heterocycles. The van der Waals surface area contributed by atoms with E-state index < -0.39 is 5.97 Å². The van der Waals surface area contributed by atoms with Gasteiger partial charge in [0.05, 0.1) is 6.42 Å². The molecule has 4 nitrogen and oxygen atoms in total. The van der Waals surface area contributed by atoms with Crippen LogP contribution >= 0.6 is 11.3 Å². The number of rotatable bonds is 8. The predicted molar refractivity (Wildman–Crippen MR) is 86.7 cm³/mol. The summed E-state index contributed by atoms with van der Waals surface area (Å²) in [7, 11) is 0. The Balaban J connectivity index is 1.59. The van der Waals surface area contributed by atoms with Crippen molar-refractivity contribution >= 4 is 23.2 Å². The van der Waals surface area contributed by atoms with Crippen LogP contribution in [-0.2, 0) is 27.2 Å². The maximum absolute atomic E-state index is 13.4. The van der Waals surface area contributed by atoms with Crippen molar-refractivity contribution in [3.63, 3.8) is 0 Å². The van der Waals surface area contributed by atoms with Gasteiger partial charge in [0.15, 0.2) is 6.61 Å². The SMILES string of the molecule is O=C(COC(=O)CCc1cccs1)NCCc1ccccc1F. The lowest BCUT2D eigenvalue weighted by molar-refractivity contribution is -0.148. The Hall–Kier alpha value is -2.21. The number of benzene rings is 1. The lowest BCUT2D eigenvalue weighted by Crippen LogP contribution is -2.30. The summed E-state index contributed by atoms with van der Waals surface area (Å²) in [6, 6.07) is 10.3. The van der Waals surface area contributed by atoms with Crippen LogP contribution in [-0.4, -0.2) is 25.0 Å². The normalized spacial score (nSPS) is 10.3. The minimum atomic E-state index is -0.400. The molecule has 2 aromatic rings. The number of hydrogen-bond acceptors (Lipinski definition) is 4. The van der Waals surface area contributed by atoms with Gasteiger partial charge in [-0.2, -0.15) is 0 Å². The molecule has 0 saturated carbocycles. The topological polar surface area (TPSA) is 55.4 Å². The molecular formula is C17H18FNO3S. The molecule has 0 unspecified atom stereocenters. The quantitative estimate of drug-likeness (QED) is 0.755. The van der Waals surface area contributed by atoms with Gasteiger partial charge < -0.3 is 10.1 Å². The number of carbonyl (C=O) groups excluding carboxylic acids is 2. The van der Waals surface area contributed by atoms with Crippen molar-refractivity contribution < 1.29 is 18.7 Å². The Kier molecular flexibility index (Phi) is 6.75. The molecule has 0 radical (unpaired) electrons. The molecule has 0 atom stereocenters. The largest absolute Gasteiger partial charge is 0.456 e. The second-order valence-electron chi connectivity index (χ2n) is 4.93. The molecule has 1 N–H and O–H groups in total. The van der Waals surface area contributed by atoms with Gasteiger partial charge in [0.2, 0.25) is 0 Å². The Morgan fingerprint density at radius 1 is 1.13 bits per heavy atom. The average molecular weight is 335 g/mol. The summed E-state index contributed by atoms with van der Waals surface area (Å²) in [5.41, 5.74) is 0.542. The van der Waals surface area contributed by atoms with E-state index in [9.17, 15) is 14.0 Å². The number of amides is 1. The minimum Gasteiger partial charge on any atom is -0.456 e. The van der Waals surface area contributed by atoms with E-state index in [0.29, 0.717) is 24.9 Å². The first-order valence-corrected chi connectivity index (χ1v) is 8.21. The zero-order valence-corrected chi connectivity index (χ0v) is 13.4. The van der Waals surface area contributed by atoms with Gasteiger partial charge >= 0.3 is 5.97 Å². The van der Waals surface area contributed by atoms with Gasteiger partial charge in [-0.3, -0.25) is 9.59 Å². The van der Waals surface area contributed by atoms with Crippen molar-refractivity contribution in [2.24, 2.45) is 0 Å². The van der Waals surface area contributed by atoms with Crippen molar-refractivity contribution in [3.05, 3.63) is 58.0 Å². The summed E-state index contributed by atoms with van der Waals surface area (Å²) >= 11 is 1.58. The average Bonchev–Trinajstić information content (AvgIpc) is 3.06. The van der Waals surface area contributed by atoms with E-state index in [1.165, 1.54) is 6.07 Å². The molecule has 0 aliphatic carbocycles. The van der Waals surface area contributed by atoms with E-state index in [-0.39, 0.29) is 24.8 Å². The van der Waals surface area contributed by atoms with Crippen molar-refractivity contribution in [2.75, 3.05) is 13.2 Å². The molecule has 2 rings (SSSR count). The number of halogens is 1. The standard InChI is InChI=1S/C17H18FNO3S/c18-15-6-2-1-4-13(15)9-10-19-16(20)12-22-17(21)8-7-14-5-3-11-23-14/h1-6,11H,7-10,12H2,(H,19,20). The Morgan fingerprint density at radius 3 is 2.70 bits per heavy atom. The zero-order chi connectivity index (χ0) is 16.5. The van der Waals surface area contributed by atoms with E-state index in [1.54, 1.807) is 29.5 Å². The highest BCUT2D eigenvalue weighted by atomic mass is 32.1. The van der Waals surface area contributed by atoms with Crippen LogP contribution in [0.3, 0.4) is 0 Å². The summed E-state index contributed by atoms with van der Waals surface area (Å²) in [6.45, 7) is -0.00689. The number of aryl methyl sites for hydroxylation is 1. The molecule has 0 fully saturated rings. The summed E-state index contributed by atoms with van der Waals surface area (Å²) in [4.78, 5) is 24.2. The molecule has 1 aromatic carbocycles. The summed E-state index contributed by atoms with van der Waals surface area (Å²) in [6.07, 6.45) is 1.26. The van der Waals surface area contributed by atoms with Gasteiger partial charge in [0.25, 0.3) is 5.91 Å². The molecule has 122 valence electrons. The predicted octanol–water partition coefficient (Wildman–Crippen LogP) is 2.72. The molecule has 0 aliphatic rings. The smallest absolute Gasteiger partial charge is 0.306 e. The molecule has 23 heavy (non-hydrogen) atoms. The number of esters is 1. The van der Waals surface area contributed by atoms with Gasteiger partial charge in [-0.1, -0.05) is 24.3 Å². The lowest BCUT2D eigenvalue weighted by Gasteiger charge is -2.07. The highest BCUT2D eigenvalue weighted by Gasteiger charge is 2.08. The maximum atomic E-state index is 13.4. The Morgan fingerprint density at radius 2 is 1.96 bits per heavy atom. The fourth-order valence-corrected chi connectivity index (χ4v) is 2.70. The van der Waals surface area contributed by atoms with Crippen LogP contribution in [0.2, 0.25) is 0 Å². The lowest BCUT2D eigenvalue weighted by atomic mass is 10.1. The number of thiophene rings is 1. The third-order valence-electron chi connectivity index (χ3n) is 3.19. The molecular weight excluding hydrogens is 317 g/mol. The molecule has 1 amide bonds. The summed E-state index contributed by atoms with van der Waals surface area (Å²) in [5, 5.41) is 4.55. The number of hydrogen-bond donors (Lipinski definition) is 1. The summed E-state index contributed by atoms with van der Waals surface area (Å²) < 4.78 is 18.3. The van der Waals surface area contributed by atoms with Crippen molar-refractivity contribution in [2.45, 2.75) is 19.3 Å². The number of nitrogens with one attached hydrogen (secondary N) is 1. The van der Waals surface area contributed by atoms with Crippen molar-refractivity contribution in [1.82, 2.24) is 5.32 Å². The van der Waals surface area contributed by atoms with Crippen LogP contribution in [0.25, 0.3) is 0 Å². The van der Waals surface area contributed by atoms with E-state index in [0.717, 1.165) is 4.88 Å². The fourth-order valence-electron chi connectivity index (χ4n) is 1.99. The van der Waals surface area contributed by atoms with E-state index >= 15 is 0 Å². The molecule has 1 aromatic heterocycles. The van der Waals surface area contributed by atoms with Crippen LogP contribution < -0.4 is 5.32 Å². The van der Waals surface area contributed by atoms with Gasteiger partial charge in [-0.15, -0.1) is 11.3 Å². The maximum Gasteiger partial charge on any atom is 0.306 e. The van der Waals surface area contributed by atoms with Crippen LogP contribution in [0, 0.1) is 5.82 Å². The first-order valence-electron chi connectivity index (χ1n) is 7.33. The first kappa shape index (κ1) is 17.1. The van der Waals surface area contributed by atoms with E-state index in [1.807, 2.05) is 17.5 Å². The van der Waals surface area contributed by atoms with Gasteiger partial charge in [-0.05, 0) is 35.9 Å². The van der Waals surface area contributed by atoms with Crippen LogP contribution in [0.1, 0.15) is 16.9 Å². The first-order chi connectivity index (χ1) is 11.1. The van der Waals surface area contributed by atoms with Gasteiger partial charge in [-0.25, -0.2) is 4.39 Å². The third kappa shape index (κ3) is 6.20. The second-order valence-corrected chi connectivity index (χ2v) is 5.96. The monoisotopic (exact) mass is 335 g/mol. The molecule has 0 saturated heterocycles. The third-order valence-corrected chi connectivity index (χ3v) is 4.13. The van der Waals surface area contributed by atoms with E-state index in [2.05, 4.69) is 5.32 Å². The van der Waals surface area contributed by atoms with Crippen molar-refractivity contribution in [3.8, 4) is 0 Å². The number of carbonyl (C=O) groups is 2. The molecule has 0 bridgehead atoms. The number of ether oxygens (including phenoxy) is 1.